The fraction of sp³-hybridized carbons (Fsp3) is 1.00. The van der Waals surface area contributed by atoms with Gasteiger partial charge in [0.2, 0.25) is 0 Å². The monoisotopic (exact) mass is 175 g/mol. The summed E-state index contributed by atoms with van der Waals surface area (Å²) in [6, 6.07) is 0.309. The molecule has 1 fully saturated rings. The van der Waals surface area contributed by atoms with E-state index in [1.807, 2.05) is 11.8 Å². The molecular formula is C8H17NOS. The molecule has 0 aliphatic carbocycles. The maximum absolute atomic E-state index is 8.87. The zero-order chi connectivity index (χ0) is 8.48. The molecule has 2 N–H and O–H groups in total. The SMILES string of the molecule is CC(C)(C)C1N[C@H](CO)CS1. The molecule has 1 saturated heterocycles. The van der Waals surface area contributed by atoms with Crippen molar-refractivity contribution in [1.82, 2.24) is 5.32 Å². The van der Waals surface area contributed by atoms with E-state index in [-0.39, 0.29) is 6.61 Å². The molecule has 0 aromatic heterocycles. The van der Waals surface area contributed by atoms with Gasteiger partial charge in [-0.25, -0.2) is 0 Å². The molecule has 1 aliphatic rings. The van der Waals surface area contributed by atoms with Gasteiger partial charge in [0.15, 0.2) is 0 Å². The molecule has 11 heavy (non-hydrogen) atoms. The summed E-state index contributed by atoms with van der Waals surface area (Å²) in [6.45, 7) is 6.92. The predicted molar refractivity (Wildman–Crippen MR) is 49.7 cm³/mol. The van der Waals surface area contributed by atoms with Gasteiger partial charge in [0.05, 0.1) is 12.0 Å². The van der Waals surface area contributed by atoms with Crippen molar-refractivity contribution in [3.05, 3.63) is 0 Å². The Bertz CT molecular complexity index is 133. The highest BCUT2D eigenvalue weighted by Crippen LogP contribution is 2.32. The molecule has 0 spiro atoms. The first kappa shape index (κ1) is 9.36. The van der Waals surface area contributed by atoms with Crippen LogP contribution in [0, 0.1) is 5.41 Å². The Labute approximate surface area is 72.8 Å². The fourth-order valence-electron chi connectivity index (χ4n) is 1.13. The molecule has 66 valence electrons. The van der Waals surface area contributed by atoms with Gasteiger partial charge in [-0.15, -0.1) is 11.8 Å². The van der Waals surface area contributed by atoms with Gasteiger partial charge in [-0.05, 0) is 5.41 Å². The second-order valence-electron chi connectivity index (χ2n) is 4.13. The Hall–Kier alpha value is 0.270. The number of thioether (sulfide) groups is 1. The molecule has 0 bridgehead atoms. The summed E-state index contributed by atoms with van der Waals surface area (Å²) in [6.07, 6.45) is 0. The molecule has 0 aromatic carbocycles. The van der Waals surface area contributed by atoms with Crippen molar-refractivity contribution in [3.8, 4) is 0 Å². The molecule has 0 amide bonds. The van der Waals surface area contributed by atoms with Crippen LogP contribution in [-0.2, 0) is 0 Å². The lowest BCUT2D eigenvalue weighted by Crippen LogP contribution is -2.39. The third kappa shape index (κ3) is 2.36. The maximum Gasteiger partial charge on any atom is 0.0593 e. The van der Waals surface area contributed by atoms with Crippen LogP contribution in [0.15, 0.2) is 0 Å². The molecule has 2 atom stereocenters. The quantitative estimate of drug-likeness (QED) is 0.625. The van der Waals surface area contributed by atoms with Gasteiger partial charge >= 0.3 is 0 Å². The van der Waals surface area contributed by atoms with Crippen molar-refractivity contribution in [2.75, 3.05) is 12.4 Å². The Morgan fingerprint density at radius 3 is 2.45 bits per heavy atom. The Morgan fingerprint density at radius 1 is 1.55 bits per heavy atom. The standard InChI is InChI=1S/C8H17NOS/c1-8(2,3)7-9-6(4-10)5-11-7/h6-7,9-10H,4-5H2,1-3H3/t6-,7?/m1/s1. The first-order chi connectivity index (χ1) is 5.04. The molecule has 3 heteroatoms. The average molecular weight is 175 g/mol. The summed E-state index contributed by atoms with van der Waals surface area (Å²) in [4.78, 5) is 0. The van der Waals surface area contributed by atoms with Crippen molar-refractivity contribution in [1.29, 1.82) is 0 Å². The highest BCUT2D eigenvalue weighted by atomic mass is 32.2. The smallest absolute Gasteiger partial charge is 0.0593 e. The van der Waals surface area contributed by atoms with Crippen LogP contribution in [0.1, 0.15) is 20.8 Å². The molecule has 1 rings (SSSR count). The van der Waals surface area contributed by atoms with E-state index in [9.17, 15) is 0 Å². The van der Waals surface area contributed by atoms with Crippen LogP contribution in [0.25, 0.3) is 0 Å². The molecule has 0 radical (unpaired) electrons. The predicted octanol–water partition coefficient (Wildman–Crippen LogP) is 1.06. The van der Waals surface area contributed by atoms with Gasteiger partial charge in [0.1, 0.15) is 0 Å². The summed E-state index contributed by atoms with van der Waals surface area (Å²) >= 11 is 1.91. The van der Waals surface area contributed by atoms with Gasteiger partial charge in [-0.1, -0.05) is 20.8 Å². The molecule has 1 heterocycles. The van der Waals surface area contributed by atoms with Crippen molar-refractivity contribution in [2.45, 2.75) is 32.2 Å². The summed E-state index contributed by atoms with van der Waals surface area (Å²) in [5.74, 6) is 1.04. The van der Waals surface area contributed by atoms with E-state index < -0.39 is 0 Å². The summed E-state index contributed by atoms with van der Waals surface area (Å²) in [7, 11) is 0. The van der Waals surface area contributed by atoms with E-state index in [2.05, 4.69) is 26.1 Å². The molecule has 1 aliphatic heterocycles. The van der Waals surface area contributed by atoms with Crippen molar-refractivity contribution in [2.24, 2.45) is 5.41 Å². The van der Waals surface area contributed by atoms with E-state index >= 15 is 0 Å². The summed E-state index contributed by atoms with van der Waals surface area (Å²) < 4.78 is 0. The van der Waals surface area contributed by atoms with Crippen LogP contribution in [0.3, 0.4) is 0 Å². The molecule has 2 nitrogen and oxygen atoms in total. The lowest BCUT2D eigenvalue weighted by molar-refractivity contribution is 0.240. The molecule has 0 aromatic rings. The van der Waals surface area contributed by atoms with Crippen molar-refractivity contribution < 1.29 is 5.11 Å². The van der Waals surface area contributed by atoms with E-state index in [0.29, 0.717) is 16.8 Å². The van der Waals surface area contributed by atoms with Crippen LogP contribution >= 0.6 is 11.8 Å². The third-order valence-electron chi connectivity index (χ3n) is 1.86. The van der Waals surface area contributed by atoms with Crippen LogP contribution in [0.5, 0.6) is 0 Å². The van der Waals surface area contributed by atoms with Crippen LogP contribution < -0.4 is 5.32 Å². The lowest BCUT2D eigenvalue weighted by Gasteiger charge is -2.26. The Kier molecular flexibility index (Phi) is 2.84. The van der Waals surface area contributed by atoms with Crippen LogP contribution in [0.2, 0.25) is 0 Å². The topological polar surface area (TPSA) is 32.3 Å². The van der Waals surface area contributed by atoms with Gasteiger partial charge < -0.3 is 5.11 Å². The van der Waals surface area contributed by atoms with Crippen molar-refractivity contribution >= 4 is 11.8 Å². The van der Waals surface area contributed by atoms with Crippen LogP contribution in [0.4, 0.5) is 0 Å². The second-order valence-corrected chi connectivity index (χ2v) is 5.26. The minimum absolute atomic E-state index is 0.263. The Balaban J connectivity index is 2.42. The normalized spacial score (nSPS) is 32.7. The first-order valence-electron chi connectivity index (χ1n) is 4.02. The summed E-state index contributed by atoms with van der Waals surface area (Å²) in [5, 5.41) is 12.8. The number of hydrogen-bond acceptors (Lipinski definition) is 3. The number of nitrogens with one attached hydrogen (secondary N) is 1. The zero-order valence-electron chi connectivity index (χ0n) is 7.42. The van der Waals surface area contributed by atoms with Gasteiger partial charge in [-0.2, -0.15) is 0 Å². The van der Waals surface area contributed by atoms with Gasteiger partial charge in [0.25, 0.3) is 0 Å². The Morgan fingerprint density at radius 2 is 2.18 bits per heavy atom. The third-order valence-corrected chi connectivity index (χ3v) is 3.63. The lowest BCUT2D eigenvalue weighted by atomic mass is 9.96. The molecular weight excluding hydrogens is 158 g/mol. The molecule has 1 unspecified atom stereocenters. The summed E-state index contributed by atoms with van der Waals surface area (Å²) in [5.41, 5.74) is 0.300. The minimum atomic E-state index is 0.263. The molecule has 0 saturated carbocycles. The highest BCUT2D eigenvalue weighted by Gasteiger charge is 2.32. The minimum Gasteiger partial charge on any atom is -0.395 e. The second kappa shape index (κ2) is 3.33. The maximum atomic E-state index is 8.87. The van der Waals surface area contributed by atoms with E-state index in [1.165, 1.54) is 0 Å². The number of rotatable bonds is 1. The number of hydrogen-bond donors (Lipinski definition) is 2. The van der Waals surface area contributed by atoms with E-state index in [1.54, 1.807) is 0 Å². The van der Waals surface area contributed by atoms with E-state index in [0.717, 1.165) is 5.75 Å². The van der Waals surface area contributed by atoms with Crippen molar-refractivity contribution in [3.63, 3.8) is 0 Å². The largest absolute Gasteiger partial charge is 0.395 e. The van der Waals surface area contributed by atoms with E-state index in [4.69, 9.17) is 5.11 Å². The number of aliphatic hydroxyl groups excluding tert-OH is 1. The first-order valence-corrected chi connectivity index (χ1v) is 5.07. The highest BCUT2D eigenvalue weighted by molar-refractivity contribution is 8.00. The zero-order valence-corrected chi connectivity index (χ0v) is 8.24. The van der Waals surface area contributed by atoms with Gasteiger partial charge in [-0.3, -0.25) is 5.32 Å². The van der Waals surface area contributed by atoms with Gasteiger partial charge in [0, 0.05) is 11.8 Å². The number of aliphatic hydroxyl groups is 1. The average Bonchev–Trinajstić information content (AvgIpc) is 2.32. The fourth-order valence-corrected chi connectivity index (χ4v) is 2.54. The van der Waals surface area contributed by atoms with Crippen LogP contribution in [-0.4, -0.2) is 28.9 Å².